The SMILES string of the molecule is CC[n+]1ccc(/C=C2C=C(/C=C3\Sc4cccc5c4N3CCC5)CC(C)(C)C/2)c2cc(C)ccc21. The van der Waals surface area contributed by atoms with Gasteiger partial charge in [-0.1, -0.05) is 61.5 Å². The van der Waals surface area contributed by atoms with E-state index < -0.39 is 0 Å². The fraction of sp³-hybridized carbons (Fsp3) is 0.344. The molecule has 3 aromatic rings. The van der Waals surface area contributed by atoms with Crippen molar-refractivity contribution in [1.29, 1.82) is 0 Å². The summed E-state index contributed by atoms with van der Waals surface area (Å²) in [5.41, 5.74) is 10.1. The van der Waals surface area contributed by atoms with E-state index in [1.165, 1.54) is 67.2 Å². The van der Waals surface area contributed by atoms with E-state index in [-0.39, 0.29) is 5.41 Å². The van der Waals surface area contributed by atoms with Crippen molar-refractivity contribution in [3.63, 3.8) is 0 Å². The van der Waals surface area contributed by atoms with Gasteiger partial charge >= 0.3 is 0 Å². The van der Waals surface area contributed by atoms with Crippen LogP contribution in [0.15, 0.2) is 81.9 Å². The van der Waals surface area contributed by atoms with E-state index in [0.29, 0.717) is 0 Å². The molecule has 0 saturated carbocycles. The van der Waals surface area contributed by atoms with Crippen molar-refractivity contribution in [3.8, 4) is 0 Å². The molecular formula is C32H35N2S+. The molecule has 3 heterocycles. The zero-order valence-electron chi connectivity index (χ0n) is 21.4. The molecule has 0 bridgehead atoms. The Morgan fingerprint density at radius 3 is 2.83 bits per heavy atom. The predicted molar refractivity (Wildman–Crippen MR) is 150 cm³/mol. The summed E-state index contributed by atoms with van der Waals surface area (Å²) in [4.78, 5) is 4.00. The number of allylic oxidation sites excluding steroid dienone is 4. The van der Waals surface area contributed by atoms with Crippen molar-refractivity contribution in [2.75, 3.05) is 11.4 Å². The number of hydrogen-bond acceptors (Lipinski definition) is 2. The molecule has 0 fully saturated rings. The first kappa shape index (κ1) is 22.7. The molecule has 35 heavy (non-hydrogen) atoms. The van der Waals surface area contributed by atoms with Crippen molar-refractivity contribution in [1.82, 2.24) is 0 Å². The second-order valence-electron chi connectivity index (χ2n) is 11.1. The van der Waals surface area contributed by atoms with Crippen LogP contribution < -0.4 is 9.47 Å². The highest BCUT2D eigenvalue weighted by Gasteiger charge is 2.31. The number of pyridine rings is 1. The number of rotatable bonds is 3. The van der Waals surface area contributed by atoms with Gasteiger partial charge in [0.05, 0.1) is 16.1 Å². The first-order valence-corrected chi connectivity index (χ1v) is 13.8. The van der Waals surface area contributed by atoms with Gasteiger partial charge in [-0.05, 0) is 85.4 Å². The number of anilines is 1. The summed E-state index contributed by atoms with van der Waals surface area (Å²) < 4.78 is 2.34. The van der Waals surface area contributed by atoms with Gasteiger partial charge in [0.2, 0.25) is 5.52 Å². The van der Waals surface area contributed by atoms with Gasteiger partial charge in [0.1, 0.15) is 6.54 Å². The molecule has 1 aromatic heterocycles. The molecule has 1 aliphatic carbocycles. The summed E-state index contributed by atoms with van der Waals surface area (Å²) in [6.45, 7) is 11.4. The van der Waals surface area contributed by atoms with E-state index in [9.17, 15) is 0 Å². The zero-order valence-corrected chi connectivity index (χ0v) is 22.2. The maximum atomic E-state index is 2.57. The predicted octanol–water partition coefficient (Wildman–Crippen LogP) is 7.99. The van der Waals surface area contributed by atoms with Gasteiger partial charge in [0.15, 0.2) is 6.20 Å². The number of benzene rings is 2. The lowest BCUT2D eigenvalue weighted by Crippen LogP contribution is -2.32. The van der Waals surface area contributed by atoms with Crippen LogP contribution >= 0.6 is 11.8 Å². The third-order valence-electron chi connectivity index (χ3n) is 7.59. The highest BCUT2D eigenvalue weighted by molar-refractivity contribution is 8.03. The summed E-state index contributed by atoms with van der Waals surface area (Å²) >= 11 is 1.95. The second kappa shape index (κ2) is 8.71. The number of aryl methyl sites for hydroxylation is 3. The standard InChI is InChI=1S/C32H35N2S/c1-5-33-15-13-26(27-16-22(2)11-12-28(27)33)18-23-17-24(21-32(3,4)20-23)19-30-34-14-7-9-25-8-6-10-29(35-30)31(25)34/h6,8,10-13,15-19H,5,7,9,14,20-21H2,1-4H3/q+1. The molecule has 3 aliphatic rings. The van der Waals surface area contributed by atoms with Crippen molar-refractivity contribution >= 4 is 34.4 Å². The summed E-state index contributed by atoms with van der Waals surface area (Å²) in [5, 5.41) is 2.75. The molecule has 3 heteroatoms. The van der Waals surface area contributed by atoms with Gasteiger partial charge < -0.3 is 4.90 Å². The lowest BCUT2D eigenvalue weighted by atomic mass is 9.75. The minimum absolute atomic E-state index is 0.250. The van der Waals surface area contributed by atoms with E-state index in [4.69, 9.17) is 0 Å². The van der Waals surface area contributed by atoms with Crippen LogP contribution in [0.25, 0.3) is 17.0 Å². The van der Waals surface area contributed by atoms with Crippen LogP contribution in [0.2, 0.25) is 0 Å². The van der Waals surface area contributed by atoms with Crippen LogP contribution in [-0.4, -0.2) is 6.54 Å². The summed E-state index contributed by atoms with van der Waals surface area (Å²) in [6.07, 6.45) is 14.3. The molecule has 0 spiro atoms. The molecule has 0 radical (unpaired) electrons. The van der Waals surface area contributed by atoms with Crippen LogP contribution in [0.1, 0.15) is 56.7 Å². The molecule has 0 N–H and O–H groups in total. The van der Waals surface area contributed by atoms with Crippen LogP contribution in [0, 0.1) is 12.3 Å². The lowest BCUT2D eigenvalue weighted by molar-refractivity contribution is -0.667. The molecule has 2 aliphatic heterocycles. The van der Waals surface area contributed by atoms with Gasteiger partial charge in [0, 0.05) is 23.6 Å². The zero-order chi connectivity index (χ0) is 24.2. The lowest BCUT2D eigenvalue weighted by Gasteiger charge is -2.32. The molecule has 178 valence electrons. The molecule has 0 unspecified atom stereocenters. The summed E-state index contributed by atoms with van der Waals surface area (Å²) in [5.74, 6) is 0. The molecule has 2 aromatic carbocycles. The van der Waals surface area contributed by atoms with Crippen molar-refractivity contribution in [2.45, 2.75) is 64.8 Å². The number of nitrogens with zero attached hydrogens (tertiary/aromatic N) is 2. The average Bonchev–Trinajstić information content (AvgIpc) is 3.17. The summed E-state index contributed by atoms with van der Waals surface area (Å²) in [7, 11) is 0. The maximum absolute atomic E-state index is 2.57. The Balaban J connectivity index is 1.41. The van der Waals surface area contributed by atoms with Gasteiger partial charge in [0.25, 0.3) is 0 Å². The normalized spacial score (nSPS) is 21.0. The number of fused-ring (bicyclic) bond motifs is 1. The van der Waals surface area contributed by atoms with E-state index in [2.05, 4.69) is 104 Å². The Hall–Kier alpha value is -2.78. The second-order valence-corrected chi connectivity index (χ2v) is 12.2. The number of para-hydroxylation sites is 1. The van der Waals surface area contributed by atoms with Crippen LogP contribution in [0.5, 0.6) is 0 Å². The van der Waals surface area contributed by atoms with Gasteiger partial charge in [-0.25, -0.2) is 0 Å². The minimum atomic E-state index is 0.250. The Kier molecular flexibility index (Phi) is 5.64. The molecule has 0 saturated heterocycles. The Morgan fingerprint density at radius 2 is 1.97 bits per heavy atom. The van der Waals surface area contributed by atoms with Crippen molar-refractivity contribution < 1.29 is 4.57 Å². The van der Waals surface area contributed by atoms with Crippen LogP contribution in [0.4, 0.5) is 5.69 Å². The first-order chi connectivity index (χ1) is 16.9. The van der Waals surface area contributed by atoms with E-state index >= 15 is 0 Å². The van der Waals surface area contributed by atoms with Gasteiger partial charge in [-0.2, -0.15) is 4.57 Å². The molecule has 0 atom stereocenters. The summed E-state index contributed by atoms with van der Waals surface area (Å²) in [6, 6.07) is 16.0. The van der Waals surface area contributed by atoms with Crippen LogP contribution in [0.3, 0.4) is 0 Å². The molecular weight excluding hydrogens is 444 g/mol. The topological polar surface area (TPSA) is 7.12 Å². The first-order valence-electron chi connectivity index (χ1n) is 13.0. The van der Waals surface area contributed by atoms with Crippen molar-refractivity contribution in [2.24, 2.45) is 5.41 Å². The van der Waals surface area contributed by atoms with Gasteiger partial charge in [-0.15, -0.1) is 0 Å². The highest BCUT2D eigenvalue weighted by Crippen LogP contribution is 2.51. The Bertz CT molecular complexity index is 1420. The Labute approximate surface area is 214 Å². The van der Waals surface area contributed by atoms with E-state index in [1.54, 1.807) is 0 Å². The third kappa shape index (κ3) is 4.25. The monoisotopic (exact) mass is 479 g/mol. The Morgan fingerprint density at radius 1 is 1.09 bits per heavy atom. The molecule has 6 rings (SSSR count). The fourth-order valence-corrected chi connectivity index (χ4v) is 7.33. The van der Waals surface area contributed by atoms with E-state index in [0.717, 1.165) is 25.9 Å². The minimum Gasteiger partial charge on any atom is -0.335 e. The largest absolute Gasteiger partial charge is 0.335 e. The quantitative estimate of drug-likeness (QED) is 0.352. The molecule has 0 amide bonds. The van der Waals surface area contributed by atoms with Gasteiger partial charge in [-0.3, -0.25) is 0 Å². The smallest absolute Gasteiger partial charge is 0.213 e. The van der Waals surface area contributed by atoms with Crippen LogP contribution in [-0.2, 0) is 13.0 Å². The fourth-order valence-electron chi connectivity index (χ4n) is 6.12. The number of thioether (sulfide) groups is 1. The molecule has 2 nitrogen and oxygen atoms in total. The average molecular weight is 480 g/mol. The number of aromatic nitrogens is 1. The van der Waals surface area contributed by atoms with E-state index in [1.807, 2.05) is 11.8 Å². The number of hydrogen-bond donors (Lipinski definition) is 0. The van der Waals surface area contributed by atoms with Crippen molar-refractivity contribution in [3.05, 3.63) is 93.7 Å². The highest BCUT2D eigenvalue weighted by atomic mass is 32.2. The third-order valence-corrected chi connectivity index (χ3v) is 8.69. The maximum Gasteiger partial charge on any atom is 0.213 e.